The molecule has 1 aliphatic heterocycles. The van der Waals surface area contributed by atoms with Gasteiger partial charge in [-0.2, -0.15) is 4.98 Å². The van der Waals surface area contributed by atoms with Gasteiger partial charge in [0.25, 0.3) is 0 Å². The highest BCUT2D eigenvalue weighted by Crippen LogP contribution is 2.25. The number of phenols is 1. The van der Waals surface area contributed by atoms with Gasteiger partial charge >= 0.3 is 6.09 Å². The largest absolute Gasteiger partial charge is 0.508 e. The normalized spacial score (nSPS) is 14.8. The quantitative estimate of drug-likeness (QED) is 0.416. The van der Waals surface area contributed by atoms with Crippen LogP contribution in [0.15, 0.2) is 42.7 Å². The van der Waals surface area contributed by atoms with Gasteiger partial charge in [-0.1, -0.05) is 18.2 Å². The summed E-state index contributed by atoms with van der Waals surface area (Å²) in [4.78, 5) is 22.6. The maximum absolute atomic E-state index is 12.3. The number of piperidine rings is 1. The van der Waals surface area contributed by atoms with E-state index in [4.69, 9.17) is 15.9 Å². The standard InChI is InChI=1S/C26H32N6O3/c1-26(2,3)35-25(34)32-10-8-16(9-11-32)14-29-24-21(23(28)30-15-31-24)22(27)19-5-4-18-13-20(33)7-6-17(18)12-19/h4-7,12-13,15-16,27,33H,8-11,14H2,1-3H3,(H3,28,29,30,31)/p+1. The fourth-order valence-electron chi connectivity index (χ4n) is 4.31. The van der Waals surface area contributed by atoms with Crippen LogP contribution in [0.3, 0.4) is 0 Å². The van der Waals surface area contributed by atoms with Gasteiger partial charge in [-0.05, 0) is 62.6 Å². The fourth-order valence-corrected chi connectivity index (χ4v) is 4.31. The first-order valence-corrected chi connectivity index (χ1v) is 11.8. The minimum atomic E-state index is -0.498. The van der Waals surface area contributed by atoms with E-state index >= 15 is 0 Å². The maximum atomic E-state index is 12.3. The molecule has 0 atom stereocenters. The number of carbonyl (C=O) groups is 1. The average molecular weight is 478 g/mol. The summed E-state index contributed by atoms with van der Waals surface area (Å²) in [5, 5.41) is 22.4. The Labute approximate surface area is 204 Å². The second-order valence-corrected chi connectivity index (χ2v) is 9.99. The van der Waals surface area contributed by atoms with Gasteiger partial charge in [0.1, 0.15) is 29.1 Å². The third-order valence-electron chi connectivity index (χ3n) is 6.18. The zero-order chi connectivity index (χ0) is 25.2. The van der Waals surface area contributed by atoms with Gasteiger partial charge in [0, 0.05) is 24.6 Å². The summed E-state index contributed by atoms with van der Waals surface area (Å²) in [6.45, 7) is 7.72. The number of nitrogens with two attached hydrogens (primary N) is 2. The van der Waals surface area contributed by atoms with Crippen LogP contribution in [0.25, 0.3) is 10.8 Å². The van der Waals surface area contributed by atoms with E-state index in [0.29, 0.717) is 36.0 Å². The molecule has 9 heteroatoms. The lowest BCUT2D eigenvalue weighted by Gasteiger charge is -2.32. The van der Waals surface area contributed by atoms with Crippen molar-refractivity contribution in [1.29, 1.82) is 5.41 Å². The number of benzene rings is 2. The number of aromatic nitrogens is 2. The molecule has 0 unspecified atom stereocenters. The summed E-state index contributed by atoms with van der Waals surface area (Å²) in [7, 11) is 0. The van der Waals surface area contributed by atoms with Crippen LogP contribution in [-0.4, -0.2) is 57.0 Å². The fraction of sp³-hybridized carbons (Fsp3) is 0.385. The van der Waals surface area contributed by atoms with E-state index < -0.39 is 5.60 Å². The number of hydrogen-bond donors (Lipinski definition) is 4. The number of quaternary nitrogens is 1. The average Bonchev–Trinajstić information content (AvgIpc) is 2.81. The third kappa shape index (κ3) is 5.86. The smallest absolute Gasteiger partial charge is 0.410 e. The van der Waals surface area contributed by atoms with E-state index in [9.17, 15) is 9.90 Å². The van der Waals surface area contributed by atoms with Crippen LogP contribution in [0.2, 0.25) is 0 Å². The molecule has 4 rings (SSSR count). The topological polar surface area (TPSA) is 142 Å². The number of amides is 1. The second kappa shape index (κ2) is 9.87. The monoisotopic (exact) mass is 477 g/mol. The summed E-state index contributed by atoms with van der Waals surface area (Å²) in [5.41, 5.74) is 7.17. The Bertz CT molecular complexity index is 1250. The van der Waals surface area contributed by atoms with Crippen molar-refractivity contribution in [3.63, 3.8) is 0 Å². The highest BCUT2D eigenvalue weighted by molar-refractivity contribution is 6.16. The van der Waals surface area contributed by atoms with E-state index in [-0.39, 0.29) is 23.4 Å². The first kappa shape index (κ1) is 24.4. The molecule has 1 aromatic heterocycles. The van der Waals surface area contributed by atoms with Crippen molar-refractivity contribution in [2.75, 3.05) is 25.4 Å². The maximum Gasteiger partial charge on any atom is 0.410 e. The number of nitrogen functional groups attached to an aromatic ring is 1. The lowest BCUT2D eigenvalue weighted by molar-refractivity contribution is -0.582. The van der Waals surface area contributed by atoms with E-state index in [1.165, 1.54) is 6.33 Å². The van der Waals surface area contributed by atoms with Crippen molar-refractivity contribution in [1.82, 2.24) is 14.9 Å². The van der Waals surface area contributed by atoms with Crippen molar-refractivity contribution in [2.24, 2.45) is 5.92 Å². The van der Waals surface area contributed by atoms with Crippen LogP contribution in [0.1, 0.15) is 44.7 Å². The van der Waals surface area contributed by atoms with Crippen molar-refractivity contribution in [3.8, 4) is 5.75 Å². The van der Waals surface area contributed by atoms with E-state index in [2.05, 4.69) is 9.97 Å². The number of nitrogens with zero attached hydrogens (tertiary/aromatic N) is 3. The summed E-state index contributed by atoms with van der Waals surface area (Å²) in [6, 6.07) is 10.8. The molecule has 2 aromatic carbocycles. The number of phenolic OH excluding ortho intramolecular Hbond substituents is 1. The highest BCUT2D eigenvalue weighted by Gasteiger charge is 2.28. The molecular weight excluding hydrogens is 444 g/mol. The first-order chi connectivity index (χ1) is 16.6. The SMILES string of the molecule is CC(C)(C)OC(=O)N1CCC(C[NH2+]c2ncnc(N)c2C(=N)c2ccc3cc(O)ccc3c2)CC1. The molecule has 1 fully saturated rings. The first-order valence-electron chi connectivity index (χ1n) is 11.8. The van der Waals surface area contributed by atoms with Gasteiger partial charge in [0.2, 0.25) is 5.82 Å². The van der Waals surface area contributed by atoms with Gasteiger partial charge < -0.3 is 20.5 Å². The van der Waals surface area contributed by atoms with E-state index in [1.807, 2.05) is 50.4 Å². The number of aromatic hydroxyl groups is 1. The zero-order valence-corrected chi connectivity index (χ0v) is 20.4. The van der Waals surface area contributed by atoms with Crippen LogP contribution in [0.4, 0.5) is 16.4 Å². The number of carbonyl (C=O) groups excluding carboxylic acids is 1. The van der Waals surface area contributed by atoms with Crippen molar-refractivity contribution >= 4 is 34.2 Å². The third-order valence-corrected chi connectivity index (χ3v) is 6.18. The Balaban J connectivity index is 1.43. The number of likely N-dealkylation sites (tertiary alicyclic amines) is 1. The molecule has 0 spiro atoms. The lowest BCUT2D eigenvalue weighted by atomic mass is 9.96. The molecule has 1 aliphatic rings. The summed E-state index contributed by atoms with van der Waals surface area (Å²) in [6.07, 6.45) is 2.91. The molecular formula is C26H33N6O3+. The molecule has 184 valence electrons. The van der Waals surface area contributed by atoms with Crippen LogP contribution < -0.4 is 11.1 Å². The Kier molecular flexibility index (Phi) is 6.88. The van der Waals surface area contributed by atoms with E-state index in [0.717, 1.165) is 30.2 Å². The summed E-state index contributed by atoms with van der Waals surface area (Å²) < 4.78 is 5.48. The van der Waals surface area contributed by atoms with Crippen molar-refractivity contribution in [2.45, 2.75) is 39.2 Å². The summed E-state index contributed by atoms with van der Waals surface area (Å²) >= 11 is 0. The Morgan fingerprint density at radius 2 is 1.86 bits per heavy atom. The van der Waals surface area contributed by atoms with Crippen LogP contribution in [-0.2, 0) is 4.74 Å². The molecule has 3 aromatic rings. The number of rotatable bonds is 5. The van der Waals surface area contributed by atoms with Crippen LogP contribution in [0, 0.1) is 11.3 Å². The zero-order valence-electron chi connectivity index (χ0n) is 20.4. The number of anilines is 1. The Hall–Kier alpha value is -3.72. The molecule has 0 radical (unpaired) electrons. The van der Waals surface area contributed by atoms with Gasteiger partial charge in [-0.3, -0.25) is 10.7 Å². The minimum absolute atomic E-state index is 0.204. The van der Waals surface area contributed by atoms with Crippen LogP contribution >= 0.6 is 0 Å². The molecule has 9 nitrogen and oxygen atoms in total. The number of nitrogens with one attached hydrogen (secondary N) is 1. The Morgan fingerprint density at radius 1 is 1.17 bits per heavy atom. The second-order valence-electron chi connectivity index (χ2n) is 9.99. The van der Waals surface area contributed by atoms with Gasteiger partial charge in [-0.25, -0.2) is 9.78 Å². The predicted molar refractivity (Wildman–Crippen MR) is 135 cm³/mol. The molecule has 2 heterocycles. The van der Waals surface area contributed by atoms with Gasteiger partial charge in [0.05, 0.1) is 12.3 Å². The van der Waals surface area contributed by atoms with Gasteiger partial charge in [0.15, 0.2) is 0 Å². The Morgan fingerprint density at radius 3 is 2.57 bits per heavy atom. The van der Waals surface area contributed by atoms with Gasteiger partial charge in [-0.15, -0.1) is 0 Å². The molecule has 35 heavy (non-hydrogen) atoms. The lowest BCUT2D eigenvalue weighted by Crippen LogP contribution is -2.81. The molecule has 0 aliphatic carbocycles. The van der Waals surface area contributed by atoms with Crippen molar-refractivity contribution in [3.05, 3.63) is 53.9 Å². The highest BCUT2D eigenvalue weighted by atomic mass is 16.6. The molecule has 0 bridgehead atoms. The van der Waals surface area contributed by atoms with Crippen molar-refractivity contribution < 1.29 is 20.0 Å². The molecule has 1 saturated heterocycles. The summed E-state index contributed by atoms with van der Waals surface area (Å²) in [5.74, 6) is 1.51. The number of ether oxygens (including phenoxy) is 1. The number of fused-ring (bicyclic) bond motifs is 1. The van der Waals surface area contributed by atoms with Crippen LogP contribution in [0.5, 0.6) is 5.75 Å². The predicted octanol–water partition coefficient (Wildman–Crippen LogP) is 3.18. The minimum Gasteiger partial charge on any atom is -0.508 e. The molecule has 0 saturated carbocycles. The molecule has 1 amide bonds. The van der Waals surface area contributed by atoms with E-state index in [1.54, 1.807) is 17.0 Å². The molecule has 6 N–H and O–H groups in total. The number of hydrogen-bond acceptors (Lipinski definition) is 7.